The van der Waals surface area contributed by atoms with Gasteiger partial charge in [0.15, 0.2) is 0 Å². The highest BCUT2D eigenvalue weighted by molar-refractivity contribution is 5.94. The van der Waals surface area contributed by atoms with Crippen LogP contribution >= 0.6 is 0 Å². The normalized spacial score (nSPS) is 19.4. The number of aryl methyl sites for hydroxylation is 1. The number of nitrogens with two attached hydrogens (primary N) is 1. The van der Waals surface area contributed by atoms with Crippen LogP contribution in [0, 0.1) is 13.8 Å². The van der Waals surface area contributed by atoms with Crippen LogP contribution in [-0.2, 0) is 13.0 Å². The van der Waals surface area contributed by atoms with Gasteiger partial charge in [0.05, 0.1) is 29.6 Å². The number of likely N-dealkylation sites (tertiary alicyclic amines) is 1. The summed E-state index contributed by atoms with van der Waals surface area (Å²) >= 11 is 0. The van der Waals surface area contributed by atoms with E-state index in [-0.39, 0.29) is 0 Å². The fraction of sp³-hybridized carbons (Fsp3) is 0.500. The lowest BCUT2D eigenvalue weighted by Gasteiger charge is -2.32. The van der Waals surface area contributed by atoms with Gasteiger partial charge >= 0.3 is 6.01 Å². The fourth-order valence-corrected chi connectivity index (χ4v) is 4.77. The molecule has 158 valence electrons. The van der Waals surface area contributed by atoms with Crippen molar-refractivity contribution in [2.45, 2.75) is 45.7 Å². The maximum Gasteiger partial charge on any atom is 0.318 e. The third-order valence-electron chi connectivity index (χ3n) is 6.70. The lowest BCUT2D eigenvalue weighted by molar-refractivity contribution is 0.187. The van der Waals surface area contributed by atoms with Crippen LogP contribution in [0.15, 0.2) is 12.3 Å². The zero-order valence-electron chi connectivity index (χ0n) is 17.9. The van der Waals surface area contributed by atoms with Crippen LogP contribution in [0.3, 0.4) is 0 Å². The Morgan fingerprint density at radius 2 is 2.13 bits per heavy atom. The summed E-state index contributed by atoms with van der Waals surface area (Å²) in [5.74, 6) is 0.545. The molecule has 4 heterocycles. The van der Waals surface area contributed by atoms with Gasteiger partial charge in [0, 0.05) is 23.5 Å². The zero-order valence-corrected chi connectivity index (χ0v) is 17.9. The minimum Gasteiger partial charge on any atom is -0.462 e. The summed E-state index contributed by atoms with van der Waals surface area (Å²) in [6.45, 7) is 7.60. The molecule has 8 heteroatoms. The van der Waals surface area contributed by atoms with Crippen molar-refractivity contribution in [3.05, 3.63) is 34.6 Å². The highest BCUT2D eigenvalue weighted by Crippen LogP contribution is 2.35. The number of fused-ring (bicyclic) bond motifs is 2. The minimum atomic E-state index is 0.392. The van der Waals surface area contributed by atoms with Gasteiger partial charge in [0.1, 0.15) is 12.4 Å². The number of likely N-dealkylation sites (N-methyl/N-ethyl adjacent to an activating group) is 1. The molecule has 8 nitrogen and oxygen atoms in total. The van der Waals surface area contributed by atoms with Gasteiger partial charge in [-0.2, -0.15) is 15.1 Å². The van der Waals surface area contributed by atoms with Crippen molar-refractivity contribution < 1.29 is 4.74 Å². The molecule has 3 N–H and O–H groups in total. The molecule has 5 rings (SSSR count). The van der Waals surface area contributed by atoms with E-state index in [0.29, 0.717) is 31.0 Å². The zero-order chi connectivity index (χ0) is 20.8. The van der Waals surface area contributed by atoms with Gasteiger partial charge in [0.2, 0.25) is 0 Å². The fourth-order valence-electron chi connectivity index (χ4n) is 4.77. The van der Waals surface area contributed by atoms with Crippen LogP contribution < -0.4 is 15.4 Å². The van der Waals surface area contributed by atoms with Crippen LogP contribution in [0.4, 0.5) is 11.5 Å². The van der Waals surface area contributed by atoms with Crippen LogP contribution in [-0.4, -0.2) is 57.9 Å². The number of rotatable bonds is 4. The summed E-state index contributed by atoms with van der Waals surface area (Å²) < 4.78 is 5.97. The molecule has 0 aliphatic carbocycles. The molecule has 1 atom stereocenters. The number of nitrogen functional groups attached to an aromatic ring is 1. The topological polar surface area (TPSA) is 96.2 Å². The molecule has 2 aromatic heterocycles. The Hall–Kier alpha value is -2.87. The lowest BCUT2D eigenvalue weighted by atomic mass is 9.99. The highest BCUT2D eigenvalue weighted by Gasteiger charge is 2.26. The van der Waals surface area contributed by atoms with Gasteiger partial charge in [-0.05, 0) is 63.9 Å². The van der Waals surface area contributed by atoms with Gasteiger partial charge < -0.3 is 20.3 Å². The van der Waals surface area contributed by atoms with Gasteiger partial charge in [-0.1, -0.05) is 0 Å². The summed E-state index contributed by atoms with van der Waals surface area (Å²) in [7, 11) is 2.14. The molecule has 0 bridgehead atoms. The number of H-pyrrole nitrogens is 1. The van der Waals surface area contributed by atoms with E-state index in [0.717, 1.165) is 48.1 Å². The van der Waals surface area contributed by atoms with Crippen molar-refractivity contribution in [3.63, 3.8) is 0 Å². The second-order valence-electron chi connectivity index (χ2n) is 8.57. The first-order chi connectivity index (χ1) is 14.5. The lowest BCUT2D eigenvalue weighted by Crippen LogP contribution is -2.33. The van der Waals surface area contributed by atoms with Crippen molar-refractivity contribution in [2.24, 2.45) is 0 Å². The smallest absolute Gasteiger partial charge is 0.318 e. The first-order valence-electron chi connectivity index (χ1n) is 10.7. The van der Waals surface area contributed by atoms with E-state index in [2.05, 4.69) is 51.9 Å². The molecule has 0 unspecified atom stereocenters. The molecule has 1 aromatic carbocycles. The van der Waals surface area contributed by atoms with E-state index in [1.54, 1.807) is 0 Å². The number of nitrogens with zero attached hydrogens (tertiary/aromatic N) is 5. The van der Waals surface area contributed by atoms with Crippen molar-refractivity contribution in [2.75, 3.05) is 37.4 Å². The third-order valence-corrected chi connectivity index (χ3v) is 6.70. The van der Waals surface area contributed by atoms with Crippen LogP contribution in [0.25, 0.3) is 10.9 Å². The van der Waals surface area contributed by atoms with Gasteiger partial charge in [-0.15, -0.1) is 0 Å². The van der Waals surface area contributed by atoms with Crippen molar-refractivity contribution >= 4 is 22.4 Å². The van der Waals surface area contributed by atoms with E-state index >= 15 is 0 Å². The summed E-state index contributed by atoms with van der Waals surface area (Å²) in [6, 6.07) is 2.97. The quantitative estimate of drug-likeness (QED) is 0.686. The third kappa shape index (κ3) is 3.25. The highest BCUT2D eigenvalue weighted by atomic mass is 16.5. The minimum absolute atomic E-state index is 0.392. The second-order valence-corrected chi connectivity index (χ2v) is 8.57. The number of anilines is 2. The number of aromatic amines is 1. The molecule has 0 saturated carbocycles. The Morgan fingerprint density at radius 1 is 1.27 bits per heavy atom. The predicted molar refractivity (Wildman–Crippen MR) is 118 cm³/mol. The van der Waals surface area contributed by atoms with E-state index in [4.69, 9.17) is 15.5 Å². The molecular weight excluding hydrogens is 378 g/mol. The average Bonchev–Trinajstić information content (AvgIpc) is 3.35. The standard InChI is InChI=1S/C22H29N7O/c1-13-9-18-17(10-24-27-18)20(14(13)2)29-8-6-16-19(11-29)25-22(26-21(16)23)30-12-15-5-4-7-28(15)3/h9-10,15H,4-8,11-12H2,1-3H3,(H,24,27)(H2,23,25,26)/t15-/m0/s1. The maximum absolute atomic E-state index is 6.29. The molecule has 30 heavy (non-hydrogen) atoms. The van der Waals surface area contributed by atoms with Crippen molar-refractivity contribution in [1.82, 2.24) is 25.1 Å². The molecule has 2 aliphatic heterocycles. The number of nitrogens with one attached hydrogen (secondary N) is 1. The monoisotopic (exact) mass is 407 g/mol. The predicted octanol–water partition coefficient (Wildman–Crippen LogP) is 2.59. The first-order valence-corrected chi connectivity index (χ1v) is 10.7. The maximum atomic E-state index is 6.29. The Morgan fingerprint density at radius 3 is 2.93 bits per heavy atom. The molecule has 0 spiro atoms. The molecule has 2 aliphatic rings. The molecular formula is C22H29N7O. The molecule has 1 fully saturated rings. The largest absolute Gasteiger partial charge is 0.462 e. The van der Waals surface area contributed by atoms with Gasteiger partial charge in [-0.25, -0.2) is 0 Å². The van der Waals surface area contributed by atoms with E-state index < -0.39 is 0 Å². The molecule has 0 amide bonds. The van der Waals surface area contributed by atoms with Crippen molar-refractivity contribution in [3.8, 4) is 6.01 Å². The summed E-state index contributed by atoms with van der Waals surface area (Å²) in [4.78, 5) is 13.9. The molecule has 1 saturated heterocycles. The summed E-state index contributed by atoms with van der Waals surface area (Å²) in [6.07, 6.45) is 5.09. The van der Waals surface area contributed by atoms with Gasteiger partial charge in [-0.3, -0.25) is 5.10 Å². The van der Waals surface area contributed by atoms with E-state index in [9.17, 15) is 0 Å². The summed E-state index contributed by atoms with van der Waals surface area (Å²) in [5.41, 5.74) is 13.1. The van der Waals surface area contributed by atoms with Crippen LogP contribution in [0.1, 0.15) is 35.2 Å². The Labute approximate surface area is 176 Å². The number of hydrogen-bond acceptors (Lipinski definition) is 7. The first kappa shape index (κ1) is 19.1. The SMILES string of the molecule is Cc1cc2[nH]ncc2c(N2CCc3c(N)nc(OC[C@@H]4CCCN4C)nc3C2)c1C. The number of aromatic nitrogens is 4. The second kappa shape index (κ2) is 7.43. The number of ether oxygens (including phenoxy) is 1. The van der Waals surface area contributed by atoms with Gasteiger partial charge in [0.25, 0.3) is 0 Å². The number of hydrogen-bond donors (Lipinski definition) is 2. The van der Waals surface area contributed by atoms with Crippen molar-refractivity contribution in [1.29, 1.82) is 0 Å². The van der Waals surface area contributed by atoms with Crippen LogP contribution in [0.2, 0.25) is 0 Å². The average molecular weight is 408 g/mol. The Bertz CT molecular complexity index is 1090. The van der Waals surface area contributed by atoms with E-state index in [1.807, 2.05) is 6.20 Å². The Balaban J connectivity index is 1.43. The Kier molecular flexibility index (Phi) is 4.73. The summed E-state index contributed by atoms with van der Waals surface area (Å²) in [5, 5.41) is 8.51. The molecule has 3 aromatic rings. The number of benzene rings is 1. The van der Waals surface area contributed by atoms with E-state index in [1.165, 1.54) is 23.2 Å². The molecule has 0 radical (unpaired) electrons. The van der Waals surface area contributed by atoms with Crippen LogP contribution in [0.5, 0.6) is 6.01 Å².